The van der Waals surface area contributed by atoms with Gasteiger partial charge in [0.25, 0.3) is 0 Å². The molecule has 0 atom stereocenters. The van der Waals surface area contributed by atoms with Crippen molar-refractivity contribution in [1.82, 2.24) is 10.3 Å². The number of rotatable bonds is 2. The Morgan fingerprint density at radius 3 is 2.80 bits per heavy atom. The Labute approximate surface area is 56.6 Å². The summed E-state index contributed by atoms with van der Waals surface area (Å²) in [5.74, 6) is -1.10. The van der Waals surface area contributed by atoms with Crippen LogP contribution < -0.4 is 0 Å². The highest BCUT2D eigenvalue weighted by Crippen LogP contribution is 2.01. The predicted molar refractivity (Wildman–Crippen MR) is 30.6 cm³/mol. The van der Waals surface area contributed by atoms with E-state index in [1.807, 2.05) is 0 Å². The van der Waals surface area contributed by atoms with Gasteiger partial charge in [0.05, 0.1) is 0 Å². The van der Waals surface area contributed by atoms with Crippen LogP contribution in [0.25, 0.3) is 0 Å². The van der Waals surface area contributed by atoms with E-state index in [4.69, 9.17) is 5.11 Å². The van der Waals surface area contributed by atoms with Gasteiger partial charge in [0.15, 0.2) is 0 Å². The summed E-state index contributed by atoms with van der Waals surface area (Å²) in [6.45, 7) is 1.78. The molecule has 0 bridgehead atoms. The number of carboxylic acids is 1. The second kappa shape index (κ2) is 2.47. The summed E-state index contributed by atoms with van der Waals surface area (Å²) >= 11 is 0. The third-order valence-corrected chi connectivity index (χ3v) is 1.09. The van der Waals surface area contributed by atoms with Crippen LogP contribution >= 0.6 is 0 Å². The summed E-state index contributed by atoms with van der Waals surface area (Å²) in [7, 11) is 0. The molecule has 0 aromatic carbocycles. The molecular weight excluding hydrogens is 136 g/mol. The first-order valence-corrected chi connectivity index (χ1v) is 2.80. The molecule has 0 aliphatic rings. The number of carbonyl (C=O) groups is 1. The molecule has 0 amide bonds. The van der Waals surface area contributed by atoms with Gasteiger partial charge >= 0.3 is 5.97 Å². The molecule has 10 heavy (non-hydrogen) atoms. The highest BCUT2D eigenvalue weighted by molar-refractivity contribution is 5.86. The third-order valence-electron chi connectivity index (χ3n) is 1.09. The Bertz CT molecular complexity index is 243. The van der Waals surface area contributed by atoms with Crippen molar-refractivity contribution >= 4 is 5.97 Å². The summed E-state index contributed by atoms with van der Waals surface area (Å²) in [6.07, 6.45) is 0.519. The summed E-state index contributed by atoms with van der Waals surface area (Å²) in [4.78, 5) is 10.3. The standard InChI is InChI=1S/C5H6N2O3/c1-2-3-4(5(8)9)7-10-6-3/h2H2,1H3,(H,8,9). The lowest BCUT2D eigenvalue weighted by Gasteiger charge is -1.84. The van der Waals surface area contributed by atoms with Crippen molar-refractivity contribution in [2.45, 2.75) is 13.3 Å². The van der Waals surface area contributed by atoms with E-state index in [-0.39, 0.29) is 5.69 Å². The van der Waals surface area contributed by atoms with Crippen molar-refractivity contribution in [3.05, 3.63) is 11.4 Å². The maximum atomic E-state index is 10.3. The number of aromatic carboxylic acids is 1. The molecule has 5 heteroatoms. The van der Waals surface area contributed by atoms with Gasteiger partial charge in [0.1, 0.15) is 5.69 Å². The number of hydrogen-bond donors (Lipinski definition) is 1. The smallest absolute Gasteiger partial charge is 0.360 e. The van der Waals surface area contributed by atoms with E-state index >= 15 is 0 Å². The molecule has 5 nitrogen and oxygen atoms in total. The zero-order chi connectivity index (χ0) is 7.56. The number of aryl methyl sites for hydroxylation is 1. The molecule has 0 aliphatic heterocycles. The van der Waals surface area contributed by atoms with Crippen molar-refractivity contribution in [3.63, 3.8) is 0 Å². The molecule has 54 valence electrons. The monoisotopic (exact) mass is 142 g/mol. The molecule has 0 saturated carbocycles. The highest BCUT2D eigenvalue weighted by atomic mass is 16.6. The highest BCUT2D eigenvalue weighted by Gasteiger charge is 2.14. The maximum Gasteiger partial charge on any atom is 0.360 e. The van der Waals surface area contributed by atoms with Crippen molar-refractivity contribution in [2.24, 2.45) is 0 Å². The zero-order valence-electron chi connectivity index (χ0n) is 5.37. The molecule has 0 unspecified atom stereocenters. The van der Waals surface area contributed by atoms with Gasteiger partial charge in [-0.25, -0.2) is 9.42 Å². The largest absolute Gasteiger partial charge is 0.476 e. The first kappa shape index (κ1) is 6.73. The fourth-order valence-electron chi connectivity index (χ4n) is 0.601. The van der Waals surface area contributed by atoms with Crippen LogP contribution in [0.2, 0.25) is 0 Å². The summed E-state index contributed by atoms with van der Waals surface area (Å²) in [6, 6.07) is 0. The van der Waals surface area contributed by atoms with Gasteiger partial charge in [-0.15, -0.1) is 0 Å². The molecule has 0 fully saturated rings. The zero-order valence-corrected chi connectivity index (χ0v) is 5.37. The number of carboxylic acid groups (broad SMARTS) is 1. The Hall–Kier alpha value is -1.39. The lowest BCUT2D eigenvalue weighted by atomic mass is 10.3. The number of aromatic nitrogens is 2. The van der Waals surface area contributed by atoms with Gasteiger partial charge in [-0.1, -0.05) is 12.1 Å². The normalized spacial score (nSPS) is 9.70. The summed E-state index contributed by atoms with van der Waals surface area (Å²) < 4.78 is 4.22. The van der Waals surface area contributed by atoms with E-state index in [0.717, 1.165) is 0 Å². The van der Waals surface area contributed by atoms with Gasteiger partial charge in [0, 0.05) is 0 Å². The van der Waals surface area contributed by atoms with Crippen molar-refractivity contribution < 1.29 is 14.5 Å². The molecule has 0 saturated heterocycles. The van der Waals surface area contributed by atoms with E-state index in [1.165, 1.54) is 0 Å². The van der Waals surface area contributed by atoms with Crippen LogP contribution in [0, 0.1) is 0 Å². The predicted octanol–water partition coefficient (Wildman–Crippen LogP) is 0.330. The van der Waals surface area contributed by atoms with E-state index in [9.17, 15) is 4.79 Å². The Morgan fingerprint density at radius 2 is 2.40 bits per heavy atom. The van der Waals surface area contributed by atoms with Crippen LogP contribution in [0.3, 0.4) is 0 Å². The fraction of sp³-hybridized carbons (Fsp3) is 0.400. The van der Waals surface area contributed by atoms with Gasteiger partial charge in [0.2, 0.25) is 5.69 Å². The molecule has 0 spiro atoms. The van der Waals surface area contributed by atoms with Gasteiger partial charge < -0.3 is 5.11 Å². The topological polar surface area (TPSA) is 76.2 Å². The third kappa shape index (κ3) is 0.975. The van der Waals surface area contributed by atoms with E-state index < -0.39 is 5.97 Å². The Balaban J connectivity index is 3.01. The average Bonchev–Trinajstić information content (AvgIpc) is 2.33. The van der Waals surface area contributed by atoms with Crippen LogP contribution in [-0.2, 0) is 6.42 Å². The van der Waals surface area contributed by atoms with Crippen LogP contribution in [-0.4, -0.2) is 21.4 Å². The lowest BCUT2D eigenvalue weighted by Crippen LogP contribution is -2.00. The van der Waals surface area contributed by atoms with Crippen LogP contribution in [0.15, 0.2) is 4.63 Å². The van der Waals surface area contributed by atoms with Gasteiger partial charge in [-0.2, -0.15) is 0 Å². The molecule has 1 heterocycles. The lowest BCUT2D eigenvalue weighted by molar-refractivity contribution is 0.0684. The average molecular weight is 142 g/mol. The maximum absolute atomic E-state index is 10.3. The minimum Gasteiger partial charge on any atom is -0.476 e. The first-order valence-electron chi connectivity index (χ1n) is 2.80. The molecule has 1 rings (SSSR count). The van der Waals surface area contributed by atoms with E-state index in [0.29, 0.717) is 12.1 Å². The number of nitrogens with zero attached hydrogens (tertiary/aromatic N) is 2. The van der Waals surface area contributed by atoms with E-state index in [1.54, 1.807) is 6.92 Å². The van der Waals surface area contributed by atoms with Crippen LogP contribution in [0.4, 0.5) is 0 Å². The summed E-state index contributed by atoms with van der Waals surface area (Å²) in [5, 5.41) is 15.0. The quantitative estimate of drug-likeness (QED) is 0.643. The molecule has 1 N–H and O–H groups in total. The van der Waals surface area contributed by atoms with Gasteiger partial charge in [-0.3, -0.25) is 0 Å². The Kier molecular flexibility index (Phi) is 1.66. The first-order chi connectivity index (χ1) is 4.75. The molecular formula is C5H6N2O3. The molecule has 0 radical (unpaired) electrons. The van der Waals surface area contributed by atoms with Crippen molar-refractivity contribution in [2.75, 3.05) is 0 Å². The molecule has 0 aliphatic carbocycles. The summed E-state index contributed by atoms with van der Waals surface area (Å²) in [5.41, 5.74) is 0.287. The second-order valence-electron chi connectivity index (χ2n) is 1.72. The number of hydrogen-bond acceptors (Lipinski definition) is 4. The minimum absolute atomic E-state index is 0.0949. The van der Waals surface area contributed by atoms with Crippen LogP contribution in [0.5, 0.6) is 0 Å². The molecule has 1 aromatic heterocycles. The second-order valence-corrected chi connectivity index (χ2v) is 1.72. The fourth-order valence-corrected chi connectivity index (χ4v) is 0.601. The minimum atomic E-state index is -1.10. The van der Waals surface area contributed by atoms with Gasteiger partial charge in [-0.05, 0) is 11.6 Å². The molecule has 1 aromatic rings. The Morgan fingerprint density at radius 1 is 1.70 bits per heavy atom. The SMILES string of the molecule is CCc1nonc1C(=O)O. The van der Waals surface area contributed by atoms with Crippen molar-refractivity contribution in [1.29, 1.82) is 0 Å². The van der Waals surface area contributed by atoms with E-state index in [2.05, 4.69) is 14.9 Å². The van der Waals surface area contributed by atoms with Crippen LogP contribution in [0.1, 0.15) is 23.1 Å². The van der Waals surface area contributed by atoms with Crippen molar-refractivity contribution in [3.8, 4) is 0 Å².